The molecule has 0 aliphatic carbocycles. The predicted octanol–water partition coefficient (Wildman–Crippen LogP) is 4.66. The number of carboxylic acids is 1. The molecule has 21 heavy (non-hydrogen) atoms. The van der Waals surface area contributed by atoms with E-state index in [4.69, 9.17) is 21.4 Å². The van der Waals surface area contributed by atoms with E-state index in [2.05, 4.69) is 18.8 Å². The number of halogens is 1. The number of pyridine rings is 1. The van der Waals surface area contributed by atoms with E-state index < -0.39 is 5.97 Å². The van der Waals surface area contributed by atoms with E-state index in [0.717, 1.165) is 5.56 Å². The molecule has 2 rings (SSSR count). The zero-order valence-electron chi connectivity index (χ0n) is 12.1. The summed E-state index contributed by atoms with van der Waals surface area (Å²) in [4.78, 5) is 15.0. The van der Waals surface area contributed by atoms with Crippen molar-refractivity contribution in [2.24, 2.45) is 0 Å². The van der Waals surface area contributed by atoms with Crippen LogP contribution in [0.3, 0.4) is 0 Å². The van der Waals surface area contributed by atoms with Gasteiger partial charge >= 0.3 is 5.97 Å². The fourth-order valence-corrected chi connectivity index (χ4v) is 2.30. The molecule has 2 aromatic rings. The first-order valence-electron chi connectivity index (χ1n) is 6.55. The van der Waals surface area contributed by atoms with Gasteiger partial charge in [-0.2, -0.15) is 0 Å². The average Bonchev–Trinajstić information content (AvgIpc) is 2.40. The summed E-state index contributed by atoms with van der Waals surface area (Å²) in [5, 5.41) is 9.11. The van der Waals surface area contributed by atoms with Crippen molar-refractivity contribution in [1.82, 2.24) is 4.98 Å². The number of hydrogen-bond acceptors (Lipinski definition) is 3. The lowest BCUT2D eigenvalue weighted by molar-refractivity contribution is 0.0696. The lowest BCUT2D eigenvalue weighted by atomic mass is 9.98. The number of hydrogen-bond donors (Lipinski definition) is 1. The van der Waals surface area contributed by atoms with Crippen molar-refractivity contribution in [1.29, 1.82) is 0 Å². The van der Waals surface area contributed by atoms with E-state index in [9.17, 15) is 4.79 Å². The van der Waals surface area contributed by atoms with Crippen LogP contribution < -0.4 is 4.74 Å². The van der Waals surface area contributed by atoms with Gasteiger partial charge in [0.05, 0.1) is 16.8 Å². The van der Waals surface area contributed by atoms with Gasteiger partial charge in [-0.05, 0) is 36.1 Å². The molecule has 0 amide bonds. The Hall–Kier alpha value is -2.07. The largest absolute Gasteiger partial charge is 0.478 e. The van der Waals surface area contributed by atoms with Crippen molar-refractivity contribution in [3.8, 4) is 11.6 Å². The molecule has 110 valence electrons. The minimum Gasteiger partial charge on any atom is -0.478 e. The molecule has 1 heterocycles. The van der Waals surface area contributed by atoms with Crippen LogP contribution in [-0.4, -0.2) is 16.1 Å². The molecule has 0 bridgehead atoms. The topological polar surface area (TPSA) is 59.4 Å². The van der Waals surface area contributed by atoms with Gasteiger partial charge in [0.15, 0.2) is 0 Å². The highest BCUT2D eigenvalue weighted by Gasteiger charge is 2.12. The van der Waals surface area contributed by atoms with Crippen LogP contribution in [0, 0.1) is 6.92 Å². The van der Waals surface area contributed by atoms with Crippen molar-refractivity contribution in [2.45, 2.75) is 26.7 Å². The van der Waals surface area contributed by atoms with Crippen molar-refractivity contribution >= 4 is 17.6 Å². The Kier molecular flexibility index (Phi) is 4.48. The number of rotatable bonds is 4. The fraction of sp³-hybridized carbons (Fsp3) is 0.250. The zero-order valence-corrected chi connectivity index (χ0v) is 12.8. The van der Waals surface area contributed by atoms with Gasteiger partial charge in [-0.3, -0.25) is 0 Å². The van der Waals surface area contributed by atoms with Crippen LogP contribution in [-0.2, 0) is 0 Å². The number of benzene rings is 1. The number of aromatic nitrogens is 1. The Morgan fingerprint density at radius 3 is 2.62 bits per heavy atom. The number of ether oxygens (including phenoxy) is 1. The second-order valence-electron chi connectivity index (χ2n) is 5.08. The van der Waals surface area contributed by atoms with Gasteiger partial charge in [0.25, 0.3) is 0 Å². The SMILES string of the molecule is Cc1cc(Oc2cc(C(=O)O)c(Cl)cn2)ccc1C(C)C. The van der Waals surface area contributed by atoms with Crippen LogP contribution in [0.1, 0.15) is 41.3 Å². The summed E-state index contributed by atoms with van der Waals surface area (Å²) >= 11 is 5.78. The van der Waals surface area contributed by atoms with Gasteiger partial charge in [0, 0.05) is 6.07 Å². The van der Waals surface area contributed by atoms with Gasteiger partial charge in [0.2, 0.25) is 5.88 Å². The summed E-state index contributed by atoms with van der Waals surface area (Å²) in [7, 11) is 0. The van der Waals surface area contributed by atoms with Gasteiger partial charge in [0.1, 0.15) is 5.75 Å². The first-order chi connectivity index (χ1) is 9.88. The van der Waals surface area contributed by atoms with Crippen LogP contribution >= 0.6 is 11.6 Å². The first kappa shape index (κ1) is 15.3. The summed E-state index contributed by atoms with van der Waals surface area (Å²) < 4.78 is 5.61. The molecule has 5 heteroatoms. The quantitative estimate of drug-likeness (QED) is 0.892. The first-order valence-corrected chi connectivity index (χ1v) is 6.93. The lowest BCUT2D eigenvalue weighted by Gasteiger charge is -2.12. The Morgan fingerprint density at radius 2 is 2.05 bits per heavy atom. The monoisotopic (exact) mass is 305 g/mol. The standard InChI is InChI=1S/C16H16ClNO3/c1-9(2)12-5-4-11(6-10(12)3)21-15-7-13(16(19)20)14(17)8-18-15/h4-9H,1-3H3,(H,19,20). The number of carboxylic acid groups (broad SMARTS) is 1. The highest BCUT2D eigenvalue weighted by molar-refractivity contribution is 6.33. The fourth-order valence-electron chi connectivity index (χ4n) is 2.12. The normalized spacial score (nSPS) is 10.7. The minimum atomic E-state index is -1.11. The zero-order chi connectivity index (χ0) is 15.6. The molecule has 0 spiro atoms. The molecule has 0 saturated heterocycles. The summed E-state index contributed by atoms with van der Waals surface area (Å²) in [6.45, 7) is 6.27. The molecule has 4 nitrogen and oxygen atoms in total. The Morgan fingerprint density at radius 1 is 1.33 bits per heavy atom. The van der Waals surface area contributed by atoms with E-state index >= 15 is 0 Å². The molecule has 0 radical (unpaired) electrons. The third-order valence-electron chi connectivity index (χ3n) is 3.15. The number of aromatic carboxylic acids is 1. The van der Waals surface area contributed by atoms with E-state index in [0.29, 0.717) is 11.7 Å². The van der Waals surface area contributed by atoms with E-state index in [1.54, 1.807) is 0 Å². The Bertz CT molecular complexity index is 683. The molecule has 0 saturated carbocycles. The molecule has 0 aliphatic heterocycles. The van der Waals surface area contributed by atoms with Crippen molar-refractivity contribution < 1.29 is 14.6 Å². The maximum Gasteiger partial charge on any atom is 0.337 e. The molecule has 1 N–H and O–H groups in total. The van der Waals surface area contributed by atoms with Crippen LogP contribution in [0.4, 0.5) is 0 Å². The van der Waals surface area contributed by atoms with E-state index in [1.807, 2.05) is 25.1 Å². The third kappa shape index (κ3) is 3.52. The summed E-state index contributed by atoms with van der Waals surface area (Å²) in [6.07, 6.45) is 1.27. The highest BCUT2D eigenvalue weighted by atomic mass is 35.5. The van der Waals surface area contributed by atoms with Crippen LogP contribution in [0.5, 0.6) is 11.6 Å². The number of aryl methyl sites for hydroxylation is 1. The smallest absolute Gasteiger partial charge is 0.337 e. The Labute approximate surface area is 128 Å². The lowest BCUT2D eigenvalue weighted by Crippen LogP contribution is -2.00. The van der Waals surface area contributed by atoms with Gasteiger partial charge in [-0.15, -0.1) is 0 Å². The summed E-state index contributed by atoms with van der Waals surface area (Å²) in [5.74, 6) is 0.140. The molecular weight excluding hydrogens is 290 g/mol. The molecule has 0 atom stereocenters. The molecular formula is C16H16ClNO3. The third-order valence-corrected chi connectivity index (χ3v) is 3.45. The van der Waals surface area contributed by atoms with Crippen molar-refractivity contribution in [3.63, 3.8) is 0 Å². The van der Waals surface area contributed by atoms with Gasteiger partial charge in [-0.25, -0.2) is 9.78 Å². The van der Waals surface area contributed by atoms with E-state index in [1.165, 1.54) is 17.8 Å². The number of carbonyl (C=O) groups is 1. The van der Waals surface area contributed by atoms with Crippen molar-refractivity contribution in [3.05, 3.63) is 52.2 Å². The summed E-state index contributed by atoms with van der Waals surface area (Å²) in [5.41, 5.74) is 2.34. The van der Waals surface area contributed by atoms with Crippen LogP contribution in [0.2, 0.25) is 5.02 Å². The maximum atomic E-state index is 11.0. The maximum absolute atomic E-state index is 11.0. The van der Waals surface area contributed by atoms with Gasteiger partial charge in [-0.1, -0.05) is 31.5 Å². The number of nitrogens with zero attached hydrogens (tertiary/aromatic N) is 1. The van der Waals surface area contributed by atoms with Crippen LogP contribution in [0.15, 0.2) is 30.5 Å². The predicted molar refractivity (Wildman–Crippen MR) is 81.5 cm³/mol. The molecule has 1 aromatic heterocycles. The molecule has 1 aromatic carbocycles. The van der Waals surface area contributed by atoms with Crippen molar-refractivity contribution in [2.75, 3.05) is 0 Å². The van der Waals surface area contributed by atoms with Gasteiger partial charge < -0.3 is 9.84 Å². The van der Waals surface area contributed by atoms with Crippen LogP contribution in [0.25, 0.3) is 0 Å². The molecule has 0 fully saturated rings. The highest BCUT2D eigenvalue weighted by Crippen LogP contribution is 2.27. The average molecular weight is 306 g/mol. The second-order valence-corrected chi connectivity index (χ2v) is 5.49. The second kappa shape index (κ2) is 6.14. The molecule has 0 aliphatic rings. The molecule has 0 unspecified atom stereocenters. The Balaban J connectivity index is 2.28. The van der Waals surface area contributed by atoms with E-state index in [-0.39, 0.29) is 16.5 Å². The summed E-state index contributed by atoms with van der Waals surface area (Å²) in [6, 6.07) is 7.07. The minimum absolute atomic E-state index is 0.0304.